The summed E-state index contributed by atoms with van der Waals surface area (Å²) in [7, 11) is -1.88. The Kier molecular flexibility index (Phi) is 10.5. The summed E-state index contributed by atoms with van der Waals surface area (Å²) >= 11 is 0. The molecule has 3 amide bonds. The van der Waals surface area contributed by atoms with E-state index in [1.54, 1.807) is 12.0 Å². The Balaban J connectivity index is 0.924. The predicted molar refractivity (Wildman–Crippen MR) is 200 cm³/mol. The van der Waals surface area contributed by atoms with Gasteiger partial charge >= 0.3 is 0 Å². The number of unbranched alkanes of at least 4 members (excludes halogenated alkanes) is 4. The molecule has 2 aliphatic carbocycles. The minimum absolute atomic E-state index is 0.0941. The largest absolute Gasteiger partial charge is 0.497 e. The molecule has 2 aromatic carbocycles. The van der Waals surface area contributed by atoms with Gasteiger partial charge in [-0.1, -0.05) is 36.6 Å². The summed E-state index contributed by atoms with van der Waals surface area (Å²) in [6.07, 6.45) is 10.4. The van der Waals surface area contributed by atoms with Crippen molar-refractivity contribution in [2.24, 2.45) is 17.6 Å². The van der Waals surface area contributed by atoms with Gasteiger partial charge in [0, 0.05) is 35.8 Å². The van der Waals surface area contributed by atoms with Crippen molar-refractivity contribution < 1.29 is 36.7 Å². The van der Waals surface area contributed by atoms with E-state index in [4.69, 9.17) is 24.6 Å². The summed E-state index contributed by atoms with van der Waals surface area (Å²) in [5.41, 5.74) is 10.3. The van der Waals surface area contributed by atoms with Gasteiger partial charge in [0.1, 0.15) is 29.0 Å². The molecule has 0 bridgehead atoms. The fourth-order valence-electron chi connectivity index (χ4n) is 7.14. The van der Waals surface area contributed by atoms with Crippen LogP contribution in [0.2, 0.25) is 0 Å². The van der Waals surface area contributed by atoms with Crippen LogP contribution >= 0.6 is 0 Å². The number of hydrogen-bond acceptors (Lipinski definition) is 9. The highest BCUT2D eigenvalue weighted by Gasteiger charge is 2.45. The molecule has 0 unspecified atom stereocenters. The first kappa shape index (κ1) is 36.4. The van der Waals surface area contributed by atoms with E-state index in [-0.39, 0.29) is 36.6 Å². The van der Waals surface area contributed by atoms with Crippen molar-refractivity contribution in [1.29, 1.82) is 0 Å². The van der Waals surface area contributed by atoms with E-state index < -0.39 is 33.3 Å². The number of nitrogens with two attached hydrogens (primary N) is 1. The quantitative estimate of drug-likeness (QED) is 0.104. The maximum absolute atomic E-state index is 13.4. The molecule has 1 aliphatic heterocycles. The van der Waals surface area contributed by atoms with Gasteiger partial charge in [-0.25, -0.2) is 13.4 Å². The number of carbonyl (C=O) groups excluding carboxylic acids is 3. The summed E-state index contributed by atoms with van der Waals surface area (Å²) in [5.74, 6) is -0.0317. The van der Waals surface area contributed by atoms with E-state index in [2.05, 4.69) is 10.8 Å². The predicted octanol–water partition coefficient (Wildman–Crippen LogP) is 5.94. The second kappa shape index (κ2) is 15.2. The summed E-state index contributed by atoms with van der Waals surface area (Å²) < 4.78 is 44.4. The minimum Gasteiger partial charge on any atom is -0.497 e. The monoisotopic (exact) mass is 742 g/mol. The molecule has 0 radical (unpaired) electrons. The molecule has 3 aliphatic rings. The van der Waals surface area contributed by atoms with E-state index in [0.29, 0.717) is 60.2 Å². The van der Waals surface area contributed by atoms with Gasteiger partial charge in [0.15, 0.2) is 11.3 Å². The molecule has 2 saturated carbocycles. The molecule has 7 rings (SSSR count). The van der Waals surface area contributed by atoms with Gasteiger partial charge in [-0.3, -0.25) is 19.1 Å². The number of amides is 3. The molecule has 280 valence electrons. The Morgan fingerprint density at radius 3 is 2.55 bits per heavy atom. The normalized spacial score (nSPS) is 21.4. The summed E-state index contributed by atoms with van der Waals surface area (Å²) in [4.78, 5) is 44.7. The number of likely N-dealkylation sites (tertiary alicyclic amines) is 1. The number of sulfonamides is 1. The van der Waals surface area contributed by atoms with Crippen LogP contribution in [0.15, 0.2) is 65.1 Å². The molecule has 0 spiro atoms. The average molecular weight is 743 g/mol. The average Bonchev–Trinajstić information content (AvgIpc) is 4.06. The van der Waals surface area contributed by atoms with Crippen LogP contribution < -0.4 is 19.9 Å². The van der Waals surface area contributed by atoms with Crippen LogP contribution in [0.4, 0.5) is 0 Å². The lowest BCUT2D eigenvalue weighted by Crippen LogP contribution is -2.43. The zero-order valence-electron chi connectivity index (χ0n) is 30.1. The third-order valence-corrected chi connectivity index (χ3v) is 12.2. The Morgan fingerprint density at radius 1 is 1.04 bits per heavy atom. The molecule has 1 saturated heterocycles. The second-order valence-electron chi connectivity index (χ2n) is 14.6. The van der Waals surface area contributed by atoms with Crippen molar-refractivity contribution in [3.05, 3.63) is 66.2 Å². The number of nitrogens with zero attached hydrogens (tertiary/aromatic N) is 2. The smallest absolute Gasteiger partial charge is 0.240 e. The lowest BCUT2D eigenvalue weighted by atomic mass is 10.1. The van der Waals surface area contributed by atoms with E-state index in [1.165, 1.54) is 0 Å². The molecule has 3 heterocycles. The molecule has 3 fully saturated rings. The van der Waals surface area contributed by atoms with Gasteiger partial charge in [-0.05, 0) is 87.8 Å². The van der Waals surface area contributed by atoms with Crippen molar-refractivity contribution in [1.82, 2.24) is 14.6 Å². The number of aryl methyl sites for hydroxylation is 1. The van der Waals surface area contributed by atoms with Crippen molar-refractivity contribution in [3.63, 3.8) is 0 Å². The number of rotatable bonds is 16. The number of benzene rings is 2. The summed E-state index contributed by atoms with van der Waals surface area (Å²) in [6.45, 7) is 2.24. The van der Waals surface area contributed by atoms with Crippen LogP contribution in [0.25, 0.3) is 33.3 Å². The van der Waals surface area contributed by atoms with Crippen molar-refractivity contribution in [2.75, 3.05) is 13.7 Å². The van der Waals surface area contributed by atoms with Gasteiger partial charge < -0.3 is 24.5 Å². The van der Waals surface area contributed by atoms with Crippen molar-refractivity contribution in [2.45, 2.75) is 88.5 Å². The number of fused-ring (bicyclic) bond motifs is 3. The number of ether oxygens (including phenoxy) is 2. The summed E-state index contributed by atoms with van der Waals surface area (Å²) in [6, 6.07) is 14.6. The third kappa shape index (κ3) is 8.35. The van der Waals surface area contributed by atoms with Crippen LogP contribution in [0.1, 0.15) is 69.8 Å². The molecule has 3 N–H and O–H groups in total. The lowest BCUT2D eigenvalue weighted by molar-refractivity contribution is -0.137. The van der Waals surface area contributed by atoms with Gasteiger partial charge in [-0.15, -0.1) is 0 Å². The van der Waals surface area contributed by atoms with Crippen LogP contribution in [-0.2, 0) is 24.4 Å². The van der Waals surface area contributed by atoms with E-state index in [9.17, 15) is 22.8 Å². The summed E-state index contributed by atoms with van der Waals surface area (Å²) in [5, 5.41) is 0.465. The molecular formula is C40H46N4O8S. The van der Waals surface area contributed by atoms with Crippen LogP contribution in [0.3, 0.4) is 0 Å². The fraction of sp³-hybridized carbons (Fsp3) is 0.450. The maximum atomic E-state index is 13.4. The molecule has 4 aromatic rings. The number of pyridine rings is 1. The van der Waals surface area contributed by atoms with Gasteiger partial charge in [-0.2, -0.15) is 0 Å². The maximum Gasteiger partial charge on any atom is 0.240 e. The Labute approximate surface area is 309 Å². The van der Waals surface area contributed by atoms with Crippen molar-refractivity contribution in [3.8, 4) is 22.8 Å². The van der Waals surface area contributed by atoms with Gasteiger partial charge in [0.25, 0.3) is 0 Å². The molecule has 2 aromatic heterocycles. The highest BCUT2D eigenvalue weighted by molar-refractivity contribution is 7.90. The number of furan rings is 1. The highest BCUT2D eigenvalue weighted by atomic mass is 32.2. The van der Waals surface area contributed by atoms with E-state index >= 15 is 0 Å². The number of hydrogen-bond donors (Lipinski definition) is 2. The first-order chi connectivity index (χ1) is 25.5. The van der Waals surface area contributed by atoms with E-state index in [0.717, 1.165) is 47.9 Å². The van der Waals surface area contributed by atoms with Gasteiger partial charge in [0.05, 0.1) is 24.6 Å². The zero-order chi connectivity index (χ0) is 37.3. The lowest BCUT2D eigenvalue weighted by Gasteiger charge is -2.22. The number of allylic oxidation sites excluding steroid dienone is 2. The first-order valence-electron chi connectivity index (χ1n) is 18.5. The molecule has 53 heavy (non-hydrogen) atoms. The SMILES string of the molecule is COc1ccc(-c2cc(O[C@@H]3C[C@@H](C(N)=O)N(C(=O)CCCCCC/C=C\[C@@H]4C[C@@H]4C(=O)NS(=O)(=O)C4CC4)C3)c3oc4ccc(C)cc4c3n2)cc1. The Morgan fingerprint density at radius 2 is 1.81 bits per heavy atom. The number of aromatic nitrogens is 1. The second-order valence-corrected chi connectivity index (χ2v) is 16.5. The van der Waals surface area contributed by atoms with E-state index in [1.807, 2.05) is 61.5 Å². The zero-order valence-corrected chi connectivity index (χ0v) is 30.9. The number of carbonyl (C=O) groups is 3. The van der Waals surface area contributed by atoms with Crippen LogP contribution in [0.5, 0.6) is 11.5 Å². The van der Waals surface area contributed by atoms with Crippen molar-refractivity contribution >= 4 is 49.8 Å². The van der Waals surface area contributed by atoms with Crippen LogP contribution in [0, 0.1) is 18.8 Å². The topological polar surface area (TPSA) is 171 Å². The standard InChI is InChI=1S/C40H46N4O8S/c1-24-11-18-34-31(19-24)37-38(52-34)35(22-32(42-37)25-12-14-27(50-2)15-13-25)51-28-21-33(39(41)46)44(23-28)36(45)10-8-6-4-3-5-7-9-26-20-30(26)40(47)43-53(48,49)29-16-17-29/h7,9,11-15,18-19,22,26,28-30,33H,3-6,8,10,16-17,20-21,23H2,1-2H3,(H2,41,46)(H,43,47)/b9-7-/t26-,28-,30+,33+/m1/s1. The number of methoxy groups -OCH3 is 1. The highest BCUT2D eigenvalue weighted by Crippen LogP contribution is 2.41. The molecular weight excluding hydrogens is 697 g/mol. The first-order valence-corrected chi connectivity index (χ1v) is 20.0. The molecule has 12 nitrogen and oxygen atoms in total. The number of primary amides is 1. The Hall–Kier alpha value is -4.91. The third-order valence-electron chi connectivity index (χ3n) is 10.4. The molecule has 4 atom stereocenters. The minimum atomic E-state index is -3.50. The van der Waals surface area contributed by atoms with Crippen LogP contribution in [-0.4, -0.2) is 67.1 Å². The fourth-order valence-corrected chi connectivity index (χ4v) is 8.49. The van der Waals surface area contributed by atoms with Gasteiger partial charge in [0.2, 0.25) is 27.7 Å². The molecule has 13 heteroatoms. The number of nitrogens with one attached hydrogen (secondary N) is 1. The Bertz CT molecular complexity index is 2160.